The van der Waals surface area contributed by atoms with Gasteiger partial charge in [0.2, 0.25) is 0 Å². The SMILES string of the molecule is C1CCC([PH+](C2CCCCC2)C2CCCCC2)CC1.O=S(=O)([O-])C(n1cccn1)(n1cccn1)n1cccn1.[Ag+]. The number of nitrogens with zero attached hydrogens (tertiary/aromatic N) is 6. The number of rotatable bonds is 7. The van der Waals surface area contributed by atoms with Crippen LogP contribution in [0.15, 0.2) is 55.4 Å². The smallest absolute Gasteiger partial charge is 0.743 e. The van der Waals surface area contributed by atoms with Gasteiger partial charge in [0.15, 0.2) is 10.1 Å². The molecule has 0 saturated heterocycles. The van der Waals surface area contributed by atoms with Crippen LogP contribution >= 0.6 is 7.92 Å². The van der Waals surface area contributed by atoms with Crippen LogP contribution in [0, 0.1) is 0 Å². The molecule has 3 fully saturated rings. The van der Waals surface area contributed by atoms with Crippen LogP contribution in [-0.2, 0) is 37.6 Å². The number of hydrogen-bond acceptors (Lipinski definition) is 6. The third kappa shape index (κ3) is 6.84. The minimum absolute atomic E-state index is 0. The van der Waals surface area contributed by atoms with Crippen molar-refractivity contribution in [2.45, 2.75) is 118 Å². The van der Waals surface area contributed by atoms with Gasteiger partial charge in [-0.3, -0.25) is 0 Å². The van der Waals surface area contributed by atoms with Crippen LogP contribution in [0.5, 0.6) is 0 Å². The fraction of sp³-hybridized carbons (Fsp3) is 0.679. The summed E-state index contributed by atoms with van der Waals surface area (Å²) in [7, 11) is -4.99. The van der Waals surface area contributed by atoms with Crippen LogP contribution < -0.4 is 0 Å². The van der Waals surface area contributed by atoms with Gasteiger partial charge in [0, 0.05) is 45.1 Å². The fourth-order valence-electron chi connectivity index (χ4n) is 7.29. The summed E-state index contributed by atoms with van der Waals surface area (Å²) in [6.45, 7) is 0. The normalized spacial score (nSPS) is 20.1. The average Bonchev–Trinajstić information content (AvgIpc) is 3.76. The Morgan fingerprint density at radius 3 is 1.12 bits per heavy atom. The summed E-state index contributed by atoms with van der Waals surface area (Å²) in [5.74, 6) is 0. The molecule has 0 N–H and O–H groups in total. The zero-order chi connectivity index (χ0) is 27.1. The first kappa shape index (κ1) is 31.6. The zero-order valence-corrected chi connectivity index (χ0v) is 26.5. The Kier molecular flexibility index (Phi) is 11.7. The van der Waals surface area contributed by atoms with E-state index in [2.05, 4.69) is 15.3 Å². The molecule has 224 valence electrons. The molecule has 0 bridgehead atoms. The van der Waals surface area contributed by atoms with E-state index < -0.39 is 15.2 Å². The maximum absolute atomic E-state index is 12.0. The Labute approximate surface area is 255 Å². The van der Waals surface area contributed by atoms with Gasteiger partial charge in [0.25, 0.3) is 0 Å². The van der Waals surface area contributed by atoms with E-state index in [-0.39, 0.29) is 30.3 Å². The van der Waals surface area contributed by atoms with Crippen molar-refractivity contribution in [2.24, 2.45) is 0 Å². The second kappa shape index (κ2) is 14.7. The zero-order valence-electron chi connectivity index (χ0n) is 23.2. The third-order valence-electron chi connectivity index (χ3n) is 8.97. The minimum Gasteiger partial charge on any atom is -0.743 e. The summed E-state index contributed by atoms with van der Waals surface area (Å²) >= 11 is 0. The molecule has 40 heavy (non-hydrogen) atoms. The van der Waals surface area contributed by atoms with Crippen LogP contribution in [0.2, 0.25) is 0 Å². The van der Waals surface area contributed by atoms with Gasteiger partial charge in [0.1, 0.15) is 0 Å². The largest absolute Gasteiger partial charge is 1.00 e. The van der Waals surface area contributed by atoms with Gasteiger partial charge in [0.05, 0.1) is 17.0 Å². The Morgan fingerprint density at radius 1 is 0.600 bits per heavy atom. The van der Waals surface area contributed by atoms with Crippen molar-refractivity contribution in [2.75, 3.05) is 0 Å². The van der Waals surface area contributed by atoms with Gasteiger partial charge < -0.3 is 4.55 Å². The molecule has 6 rings (SSSR count). The summed E-state index contributed by atoms with van der Waals surface area (Å²) in [6.07, 6.45) is 32.0. The van der Waals surface area contributed by atoms with Crippen molar-refractivity contribution in [3.05, 3.63) is 55.4 Å². The van der Waals surface area contributed by atoms with Gasteiger partial charge in [-0.1, -0.05) is 19.3 Å². The quantitative estimate of drug-likeness (QED) is 0.180. The predicted molar refractivity (Wildman–Crippen MR) is 154 cm³/mol. The van der Waals surface area contributed by atoms with Crippen molar-refractivity contribution >= 4 is 18.0 Å². The standard InChI is InChI=1S/C18H33P.C10H10N6O3S.Ag/c1-4-10-16(11-5-1)19(17-12-6-2-7-13-17)18-14-8-3-9-15-18;17-20(18,19)10(14-7-1-4-11-14,15-8-2-5-12-15)16-9-3-6-13-16;/h16-18H,1-15H2;1-9H,(H,17,18,19);/q;;+1. The second-order valence-corrected chi connectivity index (χ2v) is 16.3. The van der Waals surface area contributed by atoms with E-state index in [4.69, 9.17) is 0 Å². The van der Waals surface area contributed by atoms with Crippen LogP contribution in [0.4, 0.5) is 0 Å². The van der Waals surface area contributed by atoms with E-state index in [1.807, 2.05) is 0 Å². The molecule has 3 heterocycles. The summed E-state index contributed by atoms with van der Waals surface area (Å²) in [5.41, 5.74) is 3.68. The van der Waals surface area contributed by atoms with Gasteiger partial charge >= 0.3 is 27.5 Å². The number of aromatic nitrogens is 6. The molecule has 3 aromatic heterocycles. The number of hydrogen-bond donors (Lipinski definition) is 0. The summed E-state index contributed by atoms with van der Waals surface area (Å²) in [4.78, 5) is 0. The molecule has 3 aromatic rings. The molecule has 0 aliphatic heterocycles. The van der Waals surface area contributed by atoms with Crippen LogP contribution in [0.1, 0.15) is 96.3 Å². The molecule has 3 aliphatic rings. The van der Waals surface area contributed by atoms with Gasteiger partial charge in [-0.05, 0) is 95.2 Å². The molecule has 12 heteroatoms. The predicted octanol–water partition coefficient (Wildman–Crippen LogP) is 5.68. The van der Waals surface area contributed by atoms with Crippen molar-refractivity contribution in [1.29, 1.82) is 0 Å². The molecule has 3 aliphatic carbocycles. The molecule has 9 nitrogen and oxygen atoms in total. The fourth-order valence-corrected chi connectivity index (χ4v) is 13.5. The maximum Gasteiger partial charge on any atom is 1.00 e. The van der Waals surface area contributed by atoms with E-state index in [0.717, 1.165) is 14.0 Å². The van der Waals surface area contributed by atoms with E-state index in [9.17, 15) is 13.0 Å². The van der Waals surface area contributed by atoms with Gasteiger partial charge in [-0.2, -0.15) is 15.3 Å². The monoisotopic (exact) mass is 681 g/mol. The summed E-state index contributed by atoms with van der Waals surface area (Å²) < 4.78 is 39.0. The second-order valence-electron chi connectivity index (χ2n) is 11.4. The average molecular weight is 683 g/mol. The molecule has 0 amide bonds. The molecule has 0 unspecified atom stereocenters. The summed E-state index contributed by atoms with van der Waals surface area (Å²) in [6, 6.07) is 4.52. The Balaban J connectivity index is 0.000000181. The van der Waals surface area contributed by atoms with Gasteiger partial charge in [-0.25, -0.2) is 22.5 Å². The van der Waals surface area contributed by atoms with Crippen molar-refractivity contribution in [1.82, 2.24) is 29.3 Å². The maximum atomic E-state index is 12.0. The van der Waals surface area contributed by atoms with Crippen LogP contribution in [-0.4, -0.2) is 59.3 Å². The van der Waals surface area contributed by atoms with E-state index in [1.165, 1.54) is 72.4 Å². The van der Waals surface area contributed by atoms with Crippen LogP contribution in [0.3, 0.4) is 0 Å². The van der Waals surface area contributed by atoms with Crippen LogP contribution in [0.25, 0.3) is 0 Å². The Hall–Kier alpha value is -1.29. The molecule has 0 aromatic carbocycles. The van der Waals surface area contributed by atoms with E-state index >= 15 is 0 Å². The molecule has 0 spiro atoms. The molecule has 0 radical (unpaired) electrons. The molecule has 0 atom stereocenters. The first-order valence-corrected chi connectivity index (χ1v) is 18.0. The first-order valence-electron chi connectivity index (χ1n) is 14.8. The van der Waals surface area contributed by atoms with E-state index in [0.29, 0.717) is 0 Å². The first-order chi connectivity index (χ1) is 19.0. The van der Waals surface area contributed by atoms with Crippen molar-refractivity contribution in [3.8, 4) is 0 Å². The van der Waals surface area contributed by atoms with Crippen molar-refractivity contribution in [3.63, 3.8) is 0 Å². The Bertz CT molecular complexity index is 1080. The molecular formula is C28H43AgN6O3PS+. The molecule has 3 saturated carbocycles. The third-order valence-corrected chi connectivity index (χ3v) is 14.8. The minimum atomic E-state index is -4.94. The Morgan fingerprint density at radius 2 is 0.900 bits per heavy atom. The topological polar surface area (TPSA) is 111 Å². The van der Waals surface area contributed by atoms with Gasteiger partial charge in [-0.15, -0.1) is 0 Å². The molecular weight excluding hydrogens is 639 g/mol. The van der Waals surface area contributed by atoms with Crippen molar-refractivity contribution < 1.29 is 35.4 Å². The summed E-state index contributed by atoms with van der Waals surface area (Å²) in [5, 5.41) is 9.39. The van der Waals surface area contributed by atoms with E-state index in [1.54, 1.807) is 96.3 Å².